The van der Waals surface area contributed by atoms with Crippen molar-refractivity contribution in [3.8, 4) is 5.75 Å². The number of nitrogens with one attached hydrogen (secondary N) is 2. The van der Waals surface area contributed by atoms with Crippen molar-refractivity contribution in [1.82, 2.24) is 9.97 Å². The number of rotatable bonds is 6. The fourth-order valence-electron chi connectivity index (χ4n) is 2.48. The van der Waals surface area contributed by atoms with Gasteiger partial charge in [-0.3, -0.25) is 4.79 Å². The Morgan fingerprint density at radius 2 is 1.75 bits per heavy atom. The Labute approximate surface area is 168 Å². The van der Waals surface area contributed by atoms with E-state index in [2.05, 4.69) is 20.6 Å². The molecule has 0 saturated heterocycles. The number of anilines is 4. The fourth-order valence-corrected chi connectivity index (χ4v) is 2.74. The molecule has 0 saturated carbocycles. The summed E-state index contributed by atoms with van der Waals surface area (Å²) >= 11 is 6.13. The Balaban J connectivity index is 1.71. The van der Waals surface area contributed by atoms with Crippen LogP contribution in [0.3, 0.4) is 0 Å². The molecule has 0 aliphatic rings. The third kappa shape index (κ3) is 4.69. The van der Waals surface area contributed by atoms with Crippen molar-refractivity contribution in [3.05, 3.63) is 65.6 Å². The average Bonchev–Trinajstić information content (AvgIpc) is 2.69. The van der Waals surface area contributed by atoms with Crippen LogP contribution in [0.1, 0.15) is 10.5 Å². The van der Waals surface area contributed by atoms with Crippen LogP contribution in [0.4, 0.5) is 22.9 Å². The molecule has 0 radical (unpaired) electrons. The number of aromatic nitrogens is 2. The molecular formula is C20H20ClN5O2. The summed E-state index contributed by atoms with van der Waals surface area (Å²) in [5.41, 5.74) is 2.69. The standard InChI is InChI=1S/C20H20ClN5O2/c1-26(2)15-7-4-13(5-8-15)25-20(27)17-11-19(23-12-22-17)24-14-6-9-18(28-3)16(21)10-14/h4-12H,1-3H3,(H,25,27)(H,22,23,24). The smallest absolute Gasteiger partial charge is 0.274 e. The van der Waals surface area contributed by atoms with E-state index in [0.717, 1.165) is 11.4 Å². The van der Waals surface area contributed by atoms with Crippen LogP contribution in [0.15, 0.2) is 54.9 Å². The van der Waals surface area contributed by atoms with Gasteiger partial charge in [-0.15, -0.1) is 0 Å². The summed E-state index contributed by atoms with van der Waals surface area (Å²) in [6.45, 7) is 0. The monoisotopic (exact) mass is 397 g/mol. The summed E-state index contributed by atoms with van der Waals surface area (Å²) in [6, 6.07) is 14.4. The highest BCUT2D eigenvalue weighted by atomic mass is 35.5. The maximum Gasteiger partial charge on any atom is 0.274 e. The summed E-state index contributed by atoms with van der Waals surface area (Å²) in [5, 5.41) is 6.40. The number of carbonyl (C=O) groups excluding carboxylic acids is 1. The number of ether oxygens (including phenoxy) is 1. The highest BCUT2D eigenvalue weighted by molar-refractivity contribution is 6.32. The second-order valence-electron chi connectivity index (χ2n) is 6.16. The second kappa shape index (κ2) is 8.58. The maximum atomic E-state index is 12.5. The van der Waals surface area contributed by atoms with Gasteiger partial charge in [-0.2, -0.15) is 0 Å². The molecule has 1 amide bonds. The van der Waals surface area contributed by atoms with Crippen molar-refractivity contribution in [2.75, 3.05) is 36.7 Å². The van der Waals surface area contributed by atoms with Gasteiger partial charge in [-0.1, -0.05) is 11.6 Å². The number of hydrogen-bond donors (Lipinski definition) is 2. The molecule has 2 N–H and O–H groups in total. The maximum absolute atomic E-state index is 12.5. The lowest BCUT2D eigenvalue weighted by molar-refractivity contribution is 0.102. The highest BCUT2D eigenvalue weighted by Gasteiger charge is 2.10. The van der Waals surface area contributed by atoms with Gasteiger partial charge in [0.1, 0.15) is 23.6 Å². The Bertz CT molecular complexity index is 977. The first kappa shape index (κ1) is 19.4. The zero-order valence-electron chi connectivity index (χ0n) is 15.7. The van der Waals surface area contributed by atoms with Gasteiger partial charge in [0.25, 0.3) is 5.91 Å². The quantitative estimate of drug-likeness (QED) is 0.649. The van der Waals surface area contributed by atoms with Crippen molar-refractivity contribution in [3.63, 3.8) is 0 Å². The van der Waals surface area contributed by atoms with Gasteiger partial charge < -0.3 is 20.3 Å². The van der Waals surface area contributed by atoms with Crippen LogP contribution in [0.5, 0.6) is 5.75 Å². The molecule has 8 heteroatoms. The first-order chi connectivity index (χ1) is 13.5. The van der Waals surface area contributed by atoms with Crippen LogP contribution >= 0.6 is 11.6 Å². The molecule has 1 heterocycles. The van der Waals surface area contributed by atoms with Gasteiger partial charge in [0.15, 0.2) is 0 Å². The topological polar surface area (TPSA) is 79.4 Å². The molecule has 3 aromatic rings. The van der Waals surface area contributed by atoms with Crippen molar-refractivity contribution in [2.24, 2.45) is 0 Å². The molecular weight excluding hydrogens is 378 g/mol. The summed E-state index contributed by atoms with van der Waals surface area (Å²) in [7, 11) is 5.47. The van der Waals surface area contributed by atoms with Gasteiger partial charge in [0, 0.05) is 37.2 Å². The summed E-state index contributed by atoms with van der Waals surface area (Å²) in [5.74, 6) is 0.732. The normalized spacial score (nSPS) is 10.3. The van der Waals surface area contributed by atoms with E-state index in [1.165, 1.54) is 6.33 Å². The lowest BCUT2D eigenvalue weighted by atomic mass is 10.2. The minimum atomic E-state index is -0.323. The van der Waals surface area contributed by atoms with Crippen LogP contribution in [0, 0.1) is 0 Å². The van der Waals surface area contributed by atoms with Crippen LogP contribution in [-0.4, -0.2) is 37.1 Å². The molecule has 0 unspecified atom stereocenters. The molecule has 0 spiro atoms. The predicted molar refractivity (Wildman–Crippen MR) is 112 cm³/mol. The van der Waals surface area contributed by atoms with Crippen molar-refractivity contribution in [2.45, 2.75) is 0 Å². The van der Waals surface area contributed by atoms with Gasteiger partial charge in [0.2, 0.25) is 0 Å². The van der Waals surface area contributed by atoms with Gasteiger partial charge in [-0.05, 0) is 42.5 Å². The summed E-state index contributed by atoms with van der Waals surface area (Å²) in [6.07, 6.45) is 1.33. The number of carbonyl (C=O) groups is 1. The molecule has 0 atom stereocenters. The molecule has 0 bridgehead atoms. The average molecular weight is 398 g/mol. The largest absolute Gasteiger partial charge is 0.495 e. The number of benzene rings is 2. The minimum Gasteiger partial charge on any atom is -0.495 e. The third-order valence-corrected chi connectivity index (χ3v) is 4.26. The molecule has 3 rings (SSSR count). The van der Waals surface area contributed by atoms with Crippen LogP contribution in [0.25, 0.3) is 0 Å². The first-order valence-corrected chi connectivity index (χ1v) is 8.85. The number of nitrogens with zero attached hydrogens (tertiary/aromatic N) is 3. The number of hydrogen-bond acceptors (Lipinski definition) is 6. The molecule has 2 aromatic carbocycles. The van der Waals surface area contributed by atoms with E-state index in [1.807, 2.05) is 43.3 Å². The zero-order valence-corrected chi connectivity index (χ0v) is 16.5. The molecule has 0 fully saturated rings. The Hall–Kier alpha value is -3.32. The van der Waals surface area contributed by atoms with E-state index < -0.39 is 0 Å². The predicted octanol–water partition coefficient (Wildman–Crippen LogP) is 4.20. The van der Waals surface area contributed by atoms with E-state index in [0.29, 0.717) is 22.3 Å². The van der Waals surface area contributed by atoms with Gasteiger partial charge >= 0.3 is 0 Å². The number of halogens is 1. The van der Waals surface area contributed by atoms with Gasteiger partial charge in [-0.25, -0.2) is 9.97 Å². The third-order valence-electron chi connectivity index (χ3n) is 3.97. The van der Waals surface area contributed by atoms with Crippen LogP contribution in [-0.2, 0) is 0 Å². The van der Waals surface area contributed by atoms with Crippen LogP contribution in [0.2, 0.25) is 5.02 Å². The van der Waals surface area contributed by atoms with Crippen molar-refractivity contribution >= 4 is 40.4 Å². The lowest BCUT2D eigenvalue weighted by Crippen LogP contribution is -2.14. The van der Waals surface area contributed by atoms with Crippen LogP contribution < -0.4 is 20.3 Å². The Morgan fingerprint density at radius 1 is 1.04 bits per heavy atom. The lowest BCUT2D eigenvalue weighted by Gasteiger charge is -2.13. The fraction of sp³-hybridized carbons (Fsp3) is 0.150. The second-order valence-corrected chi connectivity index (χ2v) is 6.57. The highest BCUT2D eigenvalue weighted by Crippen LogP contribution is 2.28. The van der Waals surface area contributed by atoms with E-state index in [4.69, 9.17) is 16.3 Å². The number of methoxy groups -OCH3 is 1. The molecule has 0 aliphatic heterocycles. The zero-order chi connectivity index (χ0) is 20.1. The molecule has 28 heavy (non-hydrogen) atoms. The van der Waals surface area contributed by atoms with Crippen molar-refractivity contribution in [1.29, 1.82) is 0 Å². The minimum absolute atomic E-state index is 0.244. The first-order valence-electron chi connectivity index (χ1n) is 8.47. The Morgan fingerprint density at radius 3 is 2.39 bits per heavy atom. The van der Waals surface area contributed by atoms with Crippen molar-refractivity contribution < 1.29 is 9.53 Å². The number of amides is 1. The Kier molecular flexibility index (Phi) is 5.96. The molecule has 7 nitrogen and oxygen atoms in total. The van der Waals surface area contributed by atoms with E-state index >= 15 is 0 Å². The summed E-state index contributed by atoms with van der Waals surface area (Å²) < 4.78 is 5.14. The molecule has 0 aliphatic carbocycles. The molecule has 144 valence electrons. The molecule has 1 aromatic heterocycles. The van der Waals surface area contributed by atoms with E-state index in [9.17, 15) is 4.79 Å². The SMILES string of the molecule is COc1ccc(Nc2cc(C(=O)Nc3ccc(N(C)C)cc3)ncn2)cc1Cl. The van der Waals surface area contributed by atoms with E-state index in [-0.39, 0.29) is 11.6 Å². The van der Waals surface area contributed by atoms with Gasteiger partial charge in [0.05, 0.1) is 12.1 Å². The van der Waals surface area contributed by atoms with E-state index in [1.54, 1.807) is 31.4 Å². The summed E-state index contributed by atoms with van der Waals surface area (Å²) in [4.78, 5) is 22.7.